The maximum absolute atomic E-state index is 12.0. The molecule has 2 aliphatic heterocycles. The monoisotopic (exact) mass is 252 g/mol. The van der Waals surface area contributed by atoms with Crippen molar-refractivity contribution in [1.82, 2.24) is 9.80 Å². The average Bonchev–Trinajstić information content (AvgIpc) is 2.51. The van der Waals surface area contributed by atoms with E-state index in [-0.39, 0.29) is 11.6 Å². The van der Waals surface area contributed by atoms with E-state index in [9.17, 15) is 9.59 Å². The quantitative estimate of drug-likeness (QED) is 0.668. The molecule has 5 heteroatoms. The zero-order chi connectivity index (χ0) is 13.6. The van der Waals surface area contributed by atoms with Gasteiger partial charge in [-0.2, -0.15) is 0 Å². The van der Waals surface area contributed by atoms with Gasteiger partial charge < -0.3 is 9.64 Å². The third-order valence-electron chi connectivity index (χ3n) is 3.69. The highest BCUT2D eigenvalue weighted by atomic mass is 16.6. The maximum atomic E-state index is 12.0. The number of nitrogens with zero attached hydrogens (tertiary/aromatic N) is 2. The molecule has 2 heterocycles. The van der Waals surface area contributed by atoms with Crippen LogP contribution in [-0.4, -0.2) is 46.5 Å². The largest absolute Gasteiger partial charge is 0.436 e. The number of ether oxygens (including phenoxy) is 1. The molecule has 18 heavy (non-hydrogen) atoms. The van der Waals surface area contributed by atoms with E-state index in [0.29, 0.717) is 25.9 Å². The van der Waals surface area contributed by atoms with Crippen molar-refractivity contribution in [2.75, 3.05) is 13.1 Å². The molecule has 2 fully saturated rings. The van der Waals surface area contributed by atoms with Crippen LogP contribution in [0.3, 0.4) is 0 Å². The van der Waals surface area contributed by atoms with Crippen molar-refractivity contribution in [3.8, 4) is 0 Å². The topological polar surface area (TPSA) is 49.9 Å². The number of likely N-dealkylation sites (tertiary alicyclic amines) is 1. The van der Waals surface area contributed by atoms with Crippen LogP contribution in [0.5, 0.6) is 0 Å². The summed E-state index contributed by atoms with van der Waals surface area (Å²) in [5.74, 6) is 0. The fourth-order valence-corrected chi connectivity index (χ4v) is 2.65. The van der Waals surface area contributed by atoms with Crippen molar-refractivity contribution in [3.05, 3.63) is 12.3 Å². The van der Waals surface area contributed by atoms with Gasteiger partial charge in [0.15, 0.2) is 5.60 Å². The number of rotatable bonds is 1. The predicted octanol–water partition coefficient (Wildman–Crippen LogP) is 1.74. The first-order valence-electron chi connectivity index (χ1n) is 6.22. The predicted molar refractivity (Wildman–Crippen MR) is 66.8 cm³/mol. The van der Waals surface area contributed by atoms with Gasteiger partial charge in [0.1, 0.15) is 0 Å². The van der Waals surface area contributed by atoms with Crippen LogP contribution in [0.4, 0.5) is 4.79 Å². The number of carbonyl (C=O) groups is 2. The minimum Gasteiger partial charge on any atom is -0.436 e. The molecule has 0 aromatic heterocycles. The Kier molecular flexibility index (Phi) is 2.87. The van der Waals surface area contributed by atoms with E-state index in [4.69, 9.17) is 4.74 Å². The van der Waals surface area contributed by atoms with Gasteiger partial charge in [-0.1, -0.05) is 6.58 Å². The Labute approximate surface area is 107 Å². The third-order valence-corrected chi connectivity index (χ3v) is 3.69. The molecule has 2 aliphatic rings. The molecule has 0 unspecified atom stereocenters. The van der Waals surface area contributed by atoms with Crippen molar-refractivity contribution in [2.45, 2.75) is 44.8 Å². The normalized spacial score (nSPS) is 23.5. The summed E-state index contributed by atoms with van der Waals surface area (Å²) >= 11 is 0. The Balaban J connectivity index is 2.20. The SMILES string of the molecule is C=C1N(C(C)(C)C)C(=O)OC12CCN(C=O)CC2. The fourth-order valence-electron chi connectivity index (χ4n) is 2.65. The smallest absolute Gasteiger partial charge is 0.415 e. The minimum atomic E-state index is -0.607. The van der Waals surface area contributed by atoms with Crippen molar-refractivity contribution in [1.29, 1.82) is 0 Å². The molecule has 0 radical (unpaired) electrons. The van der Waals surface area contributed by atoms with Crippen LogP contribution in [0.15, 0.2) is 12.3 Å². The van der Waals surface area contributed by atoms with E-state index in [2.05, 4.69) is 6.58 Å². The second-order valence-electron chi connectivity index (χ2n) is 5.96. The third kappa shape index (κ3) is 1.87. The first-order valence-corrected chi connectivity index (χ1v) is 6.22. The highest BCUT2D eigenvalue weighted by Gasteiger charge is 2.53. The summed E-state index contributed by atoms with van der Waals surface area (Å²) < 4.78 is 5.58. The molecule has 0 N–H and O–H groups in total. The van der Waals surface area contributed by atoms with Crippen molar-refractivity contribution in [2.24, 2.45) is 0 Å². The van der Waals surface area contributed by atoms with Gasteiger partial charge in [-0.15, -0.1) is 0 Å². The lowest BCUT2D eigenvalue weighted by atomic mass is 9.87. The molecule has 1 spiro atoms. The number of amides is 2. The highest BCUT2D eigenvalue weighted by molar-refractivity contribution is 5.76. The van der Waals surface area contributed by atoms with Crippen molar-refractivity contribution < 1.29 is 14.3 Å². The van der Waals surface area contributed by atoms with Crippen LogP contribution in [0.1, 0.15) is 33.6 Å². The molecule has 0 aromatic carbocycles. The summed E-state index contributed by atoms with van der Waals surface area (Å²) in [5, 5.41) is 0. The van der Waals surface area contributed by atoms with E-state index >= 15 is 0 Å². The molecule has 2 amide bonds. The van der Waals surface area contributed by atoms with Crippen LogP contribution < -0.4 is 0 Å². The van der Waals surface area contributed by atoms with Gasteiger partial charge in [0, 0.05) is 31.5 Å². The van der Waals surface area contributed by atoms with Gasteiger partial charge >= 0.3 is 6.09 Å². The van der Waals surface area contributed by atoms with E-state index < -0.39 is 5.60 Å². The van der Waals surface area contributed by atoms with Crippen LogP contribution >= 0.6 is 0 Å². The van der Waals surface area contributed by atoms with E-state index in [1.807, 2.05) is 20.8 Å². The summed E-state index contributed by atoms with van der Waals surface area (Å²) in [4.78, 5) is 26.1. The van der Waals surface area contributed by atoms with Crippen LogP contribution in [0.2, 0.25) is 0 Å². The molecular formula is C13H20N2O3. The first-order chi connectivity index (χ1) is 8.30. The van der Waals surface area contributed by atoms with Gasteiger partial charge in [-0.05, 0) is 20.8 Å². The van der Waals surface area contributed by atoms with Gasteiger partial charge in [-0.25, -0.2) is 4.79 Å². The number of hydrogen-bond donors (Lipinski definition) is 0. The van der Waals surface area contributed by atoms with E-state index in [1.165, 1.54) is 0 Å². The summed E-state index contributed by atoms with van der Waals surface area (Å²) in [5.41, 5.74) is -0.214. The first kappa shape index (κ1) is 12.9. The van der Waals surface area contributed by atoms with Crippen LogP contribution in [0, 0.1) is 0 Å². The Morgan fingerprint density at radius 2 is 1.89 bits per heavy atom. The summed E-state index contributed by atoms with van der Waals surface area (Å²) in [6.07, 6.45) is 1.77. The Bertz CT molecular complexity index is 390. The van der Waals surface area contributed by atoms with Crippen LogP contribution in [0.25, 0.3) is 0 Å². The lowest BCUT2D eigenvalue weighted by molar-refractivity contribution is -0.120. The van der Waals surface area contributed by atoms with Crippen LogP contribution in [-0.2, 0) is 9.53 Å². The second-order valence-corrected chi connectivity index (χ2v) is 5.96. The molecule has 5 nitrogen and oxygen atoms in total. The summed E-state index contributed by atoms with van der Waals surface area (Å²) in [7, 11) is 0. The standard InChI is InChI=1S/C13H20N2O3/c1-10-13(5-7-14(9-16)8-6-13)18-11(17)15(10)12(2,3)4/h9H,1,5-8H2,2-4H3. The molecule has 0 bridgehead atoms. The van der Waals surface area contributed by atoms with Crippen molar-refractivity contribution in [3.63, 3.8) is 0 Å². The summed E-state index contributed by atoms with van der Waals surface area (Å²) in [6.45, 7) is 11.1. The lowest BCUT2D eigenvalue weighted by Crippen LogP contribution is -2.46. The molecule has 100 valence electrons. The highest BCUT2D eigenvalue weighted by Crippen LogP contribution is 2.43. The van der Waals surface area contributed by atoms with Gasteiger partial charge in [0.2, 0.25) is 6.41 Å². The number of piperidine rings is 1. The second kappa shape index (κ2) is 4.00. The Morgan fingerprint density at radius 1 is 1.33 bits per heavy atom. The van der Waals surface area contributed by atoms with E-state index in [0.717, 1.165) is 12.1 Å². The molecule has 0 atom stereocenters. The minimum absolute atomic E-state index is 0.327. The van der Waals surface area contributed by atoms with E-state index in [1.54, 1.807) is 9.80 Å². The lowest BCUT2D eigenvalue weighted by Gasteiger charge is -2.38. The Hall–Kier alpha value is -1.52. The number of carbonyl (C=O) groups excluding carboxylic acids is 2. The fraction of sp³-hybridized carbons (Fsp3) is 0.692. The van der Waals surface area contributed by atoms with Gasteiger partial charge in [0.25, 0.3) is 0 Å². The average molecular weight is 252 g/mol. The molecule has 0 aliphatic carbocycles. The molecule has 2 rings (SSSR count). The van der Waals surface area contributed by atoms with Gasteiger partial charge in [0.05, 0.1) is 5.70 Å². The molecule has 2 saturated heterocycles. The zero-order valence-electron chi connectivity index (χ0n) is 11.2. The molecular weight excluding hydrogens is 232 g/mol. The molecule has 0 saturated carbocycles. The van der Waals surface area contributed by atoms with Gasteiger partial charge in [-0.3, -0.25) is 9.69 Å². The Morgan fingerprint density at radius 3 is 2.28 bits per heavy atom. The maximum Gasteiger partial charge on any atom is 0.415 e. The zero-order valence-corrected chi connectivity index (χ0v) is 11.2. The van der Waals surface area contributed by atoms with Crippen molar-refractivity contribution >= 4 is 12.5 Å². The molecule has 0 aromatic rings. The summed E-state index contributed by atoms with van der Waals surface area (Å²) in [6, 6.07) is 0. The number of hydrogen-bond acceptors (Lipinski definition) is 3.